The van der Waals surface area contributed by atoms with Gasteiger partial charge in [-0.2, -0.15) is 0 Å². The minimum absolute atomic E-state index is 0.0861. The normalized spacial score (nSPS) is 17.2. The van der Waals surface area contributed by atoms with E-state index in [1.807, 2.05) is 48.5 Å². The molecule has 3 amide bonds. The average molecular weight is 365 g/mol. The van der Waals surface area contributed by atoms with E-state index >= 15 is 0 Å². The molecule has 0 radical (unpaired) electrons. The number of amides is 3. The van der Waals surface area contributed by atoms with Gasteiger partial charge in [-0.1, -0.05) is 60.7 Å². The highest BCUT2D eigenvalue weighted by Crippen LogP contribution is 2.20. The van der Waals surface area contributed by atoms with Crippen molar-refractivity contribution in [3.8, 4) is 0 Å². The number of nitrogens with zero attached hydrogens (tertiary/aromatic N) is 3. The van der Waals surface area contributed by atoms with Gasteiger partial charge in [0.1, 0.15) is 6.04 Å². The van der Waals surface area contributed by atoms with Gasteiger partial charge in [-0.25, -0.2) is 4.79 Å². The van der Waals surface area contributed by atoms with Crippen molar-refractivity contribution in [3.63, 3.8) is 0 Å². The molecule has 1 aliphatic heterocycles. The van der Waals surface area contributed by atoms with Gasteiger partial charge in [0.2, 0.25) is 0 Å². The monoisotopic (exact) mass is 365 g/mol. The maximum atomic E-state index is 12.7. The summed E-state index contributed by atoms with van der Waals surface area (Å²) in [4.78, 5) is 30.4. The van der Waals surface area contributed by atoms with E-state index in [1.54, 1.807) is 11.9 Å². The van der Waals surface area contributed by atoms with Crippen LogP contribution in [0.15, 0.2) is 60.7 Å². The van der Waals surface area contributed by atoms with Gasteiger partial charge in [-0.3, -0.25) is 9.69 Å². The van der Waals surface area contributed by atoms with Gasteiger partial charge in [0.15, 0.2) is 0 Å². The molecule has 0 N–H and O–H groups in total. The number of carbonyl (C=O) groups excluding carboxylic acids is 2. The highest BCUT2D eigenvalue weighted by molar-refractivity contribution is 6.04. The van der Waals surface area contributed by atoms with Crippen molar-refractivity contribution in [1.82, 2.24) is 14.7 Å². The Balaban J connectivity index is 1.51. The third-order valence-electron chi connectivity index (χ3n) is 5.04. The Hall–Kier alpha value is -2.66. The number of carbonyl (C=O) groups is 2. The van der Waals surface area contributed by atoms with Crippen LogP contribution in [-0.2, 0) is 17.8 Å². The highest BCUT2D eigenvalue weighted by Gasteiger charge is 2.42. The summed E-state index contributed by atoms with van der Waals surface area (Å²) < 4.78 is 0. The van der Waals surface area contributed by atoms with E-state index in [4.69, 9.17) is 0 Å². The van der Waals surface area contributed by atoms with Crippen molar-refractivity contribution in [2.24, 2.45) is 0 Å². The van der Waals surface area contributed by atoms with E-state index in [-0.39, 0.29) is 11.9 Å². The number of likely N-dealkylation sites (N-methyl/N-ethyl adjacent to an activating group) is 1. The SMILES string of the molecule is CN(CCCN1C(=O)[C@H](Cc2ccccc2)N(C)C1=O)Cc1ccccc1. The first-order valence-electron chi connectivity index (χ1n) is 9.41. The van der Waals surface area contributed by atoms with Crippen molar-refractivity contribution in [2.75, 3.05) is 27.2 Å². The second kappa shape index (κ2) is 8.82. The van der Waals surface area contributed by atoms with Gasteiger partial charge in [0, 0.05) is 26.6 Å². The lowest BCUT2D eigenvalue weighted by molar-refractivity contribution is -0.128. The molecule has 5 heteroatoms. The van der Waals surface area contributed by atoms with E-state index in [0.717, 1.165) is 25.1 Å². The van der Waals surface area contributed by atoms with Gasteiger partial charge >= 0.3 is 6.03 Å². The van der Waals surface area contributed by atoms with Crippen LogP contribution in [0.3, 0.4) is 0 Å². The number of rotatable bonds is 8. The molecule has 0 spiro atoms. The lowest BCUT2D eigenvalue weighted by Crippen LogP contribution is -2.34. The first kappa shape index (κ1) is 19.1. The van der Waals surface area contributed by atoms with Crippen molar-refractivity contribution >= 4 is 11.9 Å². The van der Waals surface area contributed by atoms with Crippen LogP contribution >= 0.6 is 0 Å². The summed E-state index contributed by atoms with van der Waals surface area (Å²) >= 11 is 0. The molecule has 1 atom stereocenters. The zero-order valence-electron chi connectivity index (χ0n) is 16.0. The van der Waals surface area contributed by atoms with E-state index in [1.165, 1.54) is 10.5 Å². The third kappa shape index (κ3) is 4.74. The van der Waals surface area contributed by atoms with Gasteiger partial charge in [0.05, 0.1) is 0 Å². The van der Waals surface area contributed by atoms with Crippen molar-refractivity contribution < 1.29 is 9.59 Å². The molecule has 0 saturated carbocycles. The molecule has 3 rings (SSSR count). The Morgan fingerprint density at radius 1 is 0.926 bits per heavy atom. The number of imide groups is 1. The smallest absolute Gasteiger partial charge is 0.315 e. The van der Waals surface area contributed by atoms with E-state index in [2.05, 4.69) is 24.1 Å². The molecule has 1 fully saturated rings. The van der Waals surface area contributed by atoms with E-state index < -0.39 is 6.04 Å². The maximum Gasteiger partial charge on any atom is 0.327 e. The molecule has 0 bridgehead atoms. The Bertz CT molecular complexity index is 764. The summed E-state index contributed by atoms with van der Waals surface area (Å²) in [5.74, 6) is -0.0861. The summed E-state index contributed by atoms with van der Waals surface area (Å²) in [5.41, 5.74) is 2.33. The quantitative estimate of drug-likeness (QED) is 0.676. The molecule has 0 aromatic heterocycles. The lowest BCUT2D eigenvalue weighted by atomic mass is 10.1. The predicted molar refractivity (Wildman–Crippen MR) is 106 cm³/mol. The van der Waals surface area contributed by atoms with Crippen molar-refractivity contribution in [2.45, 2.75) is 25.4 Å². The molecule has 1 aliphatic rings. The van der Waals surface area contributed by atoms with E-state index in [9.17, 15) is 9.59 Å². The molecule has 27 heavy (non-hydrogen) atoms. The Labute approximate surface area is 161 Å². The maximum absolute atomic E-state index is 12.7. The average Bonchev–Trinajstić information content (AvgIpc) is 2.87. The fourth-order valence-electron chi connectivity index (χ4n) is 3.50. The molecule has 1 heterocycles. The Kier molecular flexibility index (Phi) is 6.24. The summed E-state index contributed by atoms with van der Waals surface area (Å²) in [6.45, 7) is 2.16. The van der Waals surface area contributed by atoms with Crippen molar-refractivity contribution in [3.05, 3.63) is 71.8 Å². The molecule has 142 valence electrons. The molecule has 2 aromatic rings. The third-order valence-corrected chi connectivity index (χ3v) is 5.04. The van der Waals surface area contributed by atoms with Gasteiger partial charge in [0.25, 0.3) is 5.91 Å². The lowest BCUT2D eigenvalue weighted by Gasteiger charge is -2.19. The molecule has 0 unspecified atom stereocenters. The van der Waals surface area contributed by atoms with Crippen LogP contribution < -0.4 is 0 Å². The number of hydrogen-bond donors (Lipinski definition) is 0. The van der Waals surface area contributed by atoms with E-state index in [0.29, 0.717) is 13.0 Å². The summed E-state index contributed by atoms with van der Waals surface area (Å²) in [5, 5.41) is 0. The molecule has 5 nitrogen and oxygen atoms in total. The minimum Gasteiger partial charge on any atom is -0.315 e. The standard InChI is InChI=1S/C22H27N3O2/c1-23(17-19-12-7-4-8-13-19)14-9-15-25-21(26)20(24(2)22(25)27)16-18-10-5-3-6-11-18/h3-8,10-13,20H,9,14-17H2,1-2H3/t20-/m0/s1. The van der Waals surface area contributed by atoms with Crippen LogP contribution in [0.1, 0.15) is 17.5 Å². The van der Waals surface area contributed by atoms with Crippen LogP contribution in [0.25, 0.3) is 0 Å². The largest absolute Gasteiger partial charge is 0.327 e. The Morgan fingerprint density at radius 3 is 2.15 bits per heavy atom. The highest BCUT2D eigenvalue weighted by atomic mass is 16.2. The Morgan fingerprint density at radius 2 is 1.52 bits per heavy atom. The van der Waals surface area contributed by atoms with Crippen molar-refractivity contribution in [1.29, 1.82) is 0 Å². The predicted octanol–water partition coefficient (Wildman–Crippen LogP) is 3.01. The summed E-state index contributed by atoms with van der Waals surface area (Å²) in [6.07, 6.45) is 1.33. The molecule has 1 saturated heterocycles. The fourth-order valence-corrected chi connectivity index (χ4v) is 3.50. The van der Waals surface area contributed by atoms with Crippen LogP contribution in [-0.4, -0.2) is 59.9 Å². The molecule has 2 aromatic carbocycles. The zero-order chi connectivity index (χ0) is 19.2. The van der Waals surface area contributed by atoms with Crippen LogP contribution in [0.2, 0.25) is 0 Å². The number of benzene rings is 2. The van der Waals surface area contributed by atoms with Gasteiger partial charge in [-0.15, -0.1) is 0 Å². The first-order chi connectivity index (χ1) is 13.1. The zero-order valence-corrected chi connectivity index (χ0v) is 16.0. The van der Waals surface area contributed by atoms with Crippen LogP contribution in [0.4, 0.5) is 4.79 Å². The number of hydrogen-bond acceptors (Lipinski definition) is 3. The fraction of sp³-hybridized carbons (Fsp3) is 0.364. The summed E-state index contributed by atoms with van der Waals surface area (Å²) in [7, 11) is 3.78. The summed E-state index contributed by atoms with van der Waals surface area (Å²) in [6, 6.07) is 19.5. The first-order valence-corrected chi connectivity index (χ1v) is 9.41. The minimum atomic E-state index is -0.401. The van der Waals surface area contributed by atoms with Gasteiger partial charge in [-0.05, 0) is 31.1 Å². The second-order valence-corrected chi connectivity index (χ2v) is 7.17. The van der Waals surface area contributed by atoms with Crippen LogP contribution in [0, 0.1) is 0 Å². The van der Waals surface area contributed by atoms with Gasteiger partial charge < -0.3 is 9.80 Å². The molecular formula is C22H27N3O2. The topological polar surface area (TPSA) is 43.9 Å². The molecule has 0 aliphatic carbocycles. The second-order valence-electron chi connectivity index (χ2n) is 7.17. The molecular weight excluding hydrogens is 338 g/mol. The van der Waals surface area contributed by atoms with Crippen LogP contribution in [0.5, 0.6) is 0 Å². The number of urea groups is 1.